The molecule has 0 unspecified atom stereocenters. The van der Waals surface area contributed by atoms with Crippen molar-refractivity contribution in [2.75, 3.05) is 20.2 Å². The third-order valence-electron chi connectivity index (χ3n) is 6.76. The van der Waals surface area contributed by atoms with Gasteiger partial charge in [-0.25, -0.2) is 8.42 Å². The minimum absolute atomic E-state index is 0.113. The summed E-state index contributed by atoms with van der Waals surface area (Å²) in [6.45, 7) is 3.13. The Morgan fingerprint density at radius 2 is 1.67 bits per heavy atom. The lowest BCUT2D eigenvalue weighted by molar-refractivity contribution is -0.121. The predicted octanol–water partition coefficient (Wildman–Crippen LogP) is 5.02. The van der Waals surface area contributed by atoms with E-state index in [1.807, 2.05) is 61.5 Å². The first-order chi connectivity index (χ1) is 17.4. The molecule has 1 N–H and O–H groups in total. The van der Waals surface area contributed by atoms with Crippen molar-refractivity contribution in [3.63, 3.8) is 0 Å². The number of carbonyl (C=O) groups excluding carboxylic acids is 1. The number of nitrogens with one attached hydrogen (secondary N) is 1. The first-order valence-electron chi connectivity index (χ1n) is 12.5. The van der Waals surface area contributed by atoms with Crippen molar-refractivity contribution in [1.29, 1.82) is 0 Å². The van der Waals surface area contributed by atoms with Gasteiger partial charge in [0.2, 0.25) is 15.9 Å². The fraction of sp³-hybridized carbons (Fsp3) is 0.345. The zero-order valence-electron chi connectivity index (χ0n) is 20.9. The lowest BCUT2D eigenvalue weighted by Crippen LogP contribution is -2.35. The second-order valence-electron chi connectivity index (χ2n) is 9.21. The fourth-order valence-electron chi connectivity index (χ4n) is 4.74. The van der Waals surface area contributed by atoms with E-state index in [4.69, 9.17) is 4.74 Å². The molecule has 0 spiro atoms. The Morgan fingerprint density at radius 1 is 0.972 bits per heavy atom. The summed E-state index contributed by atoms with van der Waals surface area (Å²) in [6, 6.07) is 22.6. The molecular formula is C29H34N2O4S. The van der Waals surface area contributed by atoms with Crippen LogP contribution in [0.25, 0.3) is 0 Å². The summed E-state index contributed by atoms with van der Waals surface area (Å²) >= 11 is 0. The zero-order valence-corrected chi connectivity index (χ0v) is 21.8. The topological polar surface area (TPSA) is 75.7 Å². The maximum atomic E-state index is 13.2. The number of carbonyl (C=O) groups is 1. The number of piperidine rings is 1. The van der Waals surface area contributed by atoms with Gasteiger partial charge in [-0.3, -0.25) is 4.79 Å². The Labute approximate surface area is 214 Å². The number of sulfonamides is 1. The molecule has 0 radical (unpaired) electrons. The van der Waals surface area contributed by atoms with Gasteiger partial charge in [0.25, 0.3) is 0 Å². The summed E-state index contributed by atoms with van der Waals surface area (Å²) in [6.07, 6.45) is 3.39. The molecule has 1 aliphatic rings. The van der Waals surface area contributed by atoms with Crippen LogP contribution < -0.4 is 10.1 Å². The average molecular weight is 507 g/mol. The molecule has 1 fully saturated rings. The van der Waals surface area contributed by atoms with Crippen molar-refractivity contribution in [3.05, 3.63) is 95.1 Å². The van der Waals surface area contributed by atoms with Gasteiger partial charge in [-0.05, 0) is 66.6 Å². The van der Waals surface area contributed by atoms with E-state index in [0.717, 1.165) is 36.0 Å². The van der Waals surface area contributed by atoms with Gasteiger partial charge in [0.1, 0.15) is 5.75 Å². The Hall–Kier alpha value is -3.16. The third kappa shape index (κ3) is 5.97. The summed E-state index contributed by atoms with van der Waals surface area (Å²) in [4.78, 5) is 13.4. The molecule has 0 aromatic heterocycles. The molecule has 4 rings (SSSR count). The van der Waals surface area contributed by atoms with Gasteiger partial charge in [-0.2, -0.15) is 4.31 Å². The van der Waals surface area contributed by atoms with E-state index in [1.54, 1.807) is 29.6 Å². The zero-order chi connectivity index (χ0) is 25.5. The number of nitrogens with zero attached hydrogens (tertiary/aromatic N) is 1. The predicted molar refractivity (Wildman–Crippen MR) is 142 cm³/mol. The second kappa shape index (κ2) is 11.7. The minimum atomic E-state index is -3.57. The van der Waals surface area contributed by atoms with Crippen LogP contribution >= 0.6 is 0 Å². The molecule has 0 bridgehead atoms. The van der Waals surface area contributed by atoms with Gasteiger partial charge in [0.15, 0.2) is 0 Å². The molecule has 1 amide bonds. The molecule has 7 heteroatoms. The van der Waals surface area contributed by atoms with Gasteiger partial charge in [0, 0.05) is 19.5 Å². The molecule has 190 valence electrons. The highest BCUT2D eigenvalue weighted by Crippen LogP contribution is 2.28. The summed E-state index contributed by atoms with van der Waals surface area (Å²) in [7, 11) is -2.01. The molecule has 0 saturated carbocycles. The van der Waals surface area contributed by atoms with Gasteiger partial charge in [-0.1, -0.05) is 61.0 Å². The summed E-state index contributed by atoms with van der Waals surface area (Å²) < 4.78 is 33.4. The van der Waals surface area contributed by atoms with E-state index >= 15 is 0 Å². The molecule has 1 atom stereocenters. The van der Waals surface area contributed by atoms with E-state index in [-0.39, 0.29) is 23.3 Å². The molecule has 3 aromatic carbocycles. The van der Waals surface area contributed by atoms with Crippen LogP contribution in [-0.4, -0.2) is 38.8 Å². The SMILES string of the molecule is COc1ccc(S(=O)(=O)N2CCCCC2)cc1CCC(=O)N[C@@H](c1ccccc1)c1ccccc1C. The fourth-order valence-corrected chi connectivity index (χ4v) is 6.31. The number of benzene rings is 3. The number of rotatable bonds is 9. The number of hydrogen-bond donors (Lipinski definition) is 1. The maximum Gasteiger partial charge on any atom is 0.243 e. The van der Waals surface area contributed by atoms with Crippen LogP contribution in [0.4, 0.5) is 0 Å². The van der Waals surface area contributed by atoms with E-state index in [9.17, 15) is 13.2 Å². The van der Waals surface area contributed by atoms with Crippen molar-refractivity contribution in [2.24, 2.45) is 0 Å². The molecule has 1 aliphatic heterocycles. The van der Waals surface area contributed by atoms with E-state index < -0.39 is 10.0 Å². The highest BCUT2D eigenvalue weighted by molar-refractivity contribution is 7.89. The normalized spacial score (nSPS) is 15.3. The van der Waals surface area contributed by atoms with Crippen LogP contribution in [0, 0.1) is 6.92 Å². The minimum Gasteiger partial charge on any atom is -0.496 e. The van der Waals surface area contributed by atoms with E-state index in [0.29, 0.717) is 30.8 Å². The van der Waals surface area contributed by atoms with Crippen molar-refractivity contribution >= 4 is 15.9 Å². The molecule has 36 heavy (non-hydrogen) atoms. The van der Waals surface area contributed by atoms with Gasteiger partial charge < -0.3 is 10.1 Å². The van der Waals surface area contributed by atoms with Crippen molar-refractivity contribution in [2.45, 2.75) is 50.0 Å². The molecular weight excluding hydrogens is 472 g/mol. The lowest BCUT2D eigenvalue weighted by atomic mass is 9.94. The number of methoxy groups -OCH3 is 1. The maximum absolute atomic E-state index is 13.2. The van der Waals surface area contributed by atoms with Gasteiger partial charge >= 0.3 is 0 Å². The smallest absolute Gasteiger partial charge is 0.243 e. The van der Waals surface area contributed by atoms with Crippen LogP contribution in [0.2, 0.25) is 0 Å². The van der Waals surface area contributed by atoms with Crippen molar-refractivity contribution < 1.29 is 17.9 Å². The molecule has 1 heterocycles. The van der Waals surface area contributed by atoms with Crippen LogP contribution in [0.15, 0.2) is 77.7 Å². The Balaban J connectivity index is 1.52. The summed E-state index contributed by atoms with van der Waals surface area (Å²) in [5.74, 6) is 0.470. The van der Waals surface area contributed by atoms with Gasteiger partial charge in [-0.15, -0.1) is 0 Å². The lowest BCUT2D eigenvalue weighted by Gasteiger charge is -2.26. The molecule has 6 nitrogen and oxygen atoms in total. The largest absolute Gasteiger partial charge is 0.496 e. The van der Waals surface area contributed by atoms with Crippen molar-refractivity contribution in [1.82, 2.24) is 9.62 Å². The number of amides is 1. The highest BCUT2D eigenvalue weighted by atomic mass is 32.2. The highest BCUT2D eigenvalue weighted by Gasteiger charge is 2.27. The van der Waals surface area contributed by atoms with Gasteiger partial charge in [0.05, 0.1) is 18.0 Å². The van der Waals surface area contributed by atoms with Crippen LogP contribution in [-0.2, 0) is 21.2 Å². The first-order valence-corrected chi connectivity index (χ1v) is 13.9. The van der Waals surface area contributed by atoms with Crippen LogP contribution in [0.3, 0.4) is 0 Å². The quantitative estimate of drug-likeness (QED) is 0.442. The summed E-state index contributed by atoms with van der Waals surface area (Å²) in [5.41, 5.74) is 3.86. The van der Waals surface area contributed by atoms with Crippen LogP contribution in [0.1, 0.15) is 54.0 Å². The average Bonchev–Trinajstić information content (AvgIpc) is 2.92. The Morgan fingerprint density at radius 3 is 2.36 bits per heavy atom. The van der Waals surface area contributed by atoms with Crippen molar-refractivity contribution in [3.8, 4) is 5.75 Å². The van der Waals surface area contributed by atoms with Crippen LogP contribution in [0.5, 0.6) is 5.75 Å². The Bertz CT molecular complexity index is 1290. The number of ether oxygens (including phenoxy) is 1. The number of aryl methyl sites for hydroxylation is 2. The Kier molecular flexibility index (Phi) is 8.44. The molecule has 1 saturated heterocycles. The van der Waals surface area contributed by atoms with E-state index in [2.05, 4.69) is 5.32 Å². The number of hydrogen-bond acceptors (Lipinski definition) is 4. The molecule has 3 aromatic rings. The van der Waals surface area contributed by atoms with E-state index in [1.165, 1.54) is 0 Å². The monoisotopic (exact) mass is 506 g/mol. The standard InChI is InChI=1S/C29H34N2O4S/c1-22-11-7-8-14-26(22)29(23-12-5-3-6-13-23)30-28(32)18-15-24-21-25(16-17-27(24)35-2)36(33,34)31-19-9-4-10-20-31/h3,5-8,11-14,16-17,21,29H,4,9-10,15,18-20H2,1-2H3,(H,30,32)/t29-/m0/s1. The molecule has 0 aliphatic carbocycles. The second-order valence-corrected chi connectivity index (χ2v) is 11.1. The first kappa shape index (κ1) is 25.9. The third-order valence-corrected chi connectivity index (χ3v) is 8.66. The summed E-state index contributed by atoms with van der Waals surface area (Å²) in [5, 5.41) is 3.19.